The molecule has 2 aliphatic heterocycles. The molecule has 1 saturated heterocycles. The number of nitriles is 1. The van der Waals surface area contributed by atoms with E-state index in [-0.39, 0.29) is 17.8 Å². The summed E-state index contributed by atoms with van der Waals surface area (Å²) in [6.07, 6.45) is 2.88. The highest BCUT2D eigenvalue weighted by Crippen LogP contribution is 2.28. The second kappa shape index (κ2) is 9.67. The van der Waals surface area contributed by atoms with Gasteiger partial charge in [0.1, 0.15) is 30.3 Å². The predicted molar refractivity (Wildman–Crippen MR) is 106 cm³/mol. The van der Waals surface area contributed by atoms with Gasteiger partial charge in [0, 0.05) is 37.0 Å². The summed E-state index contributed by atoms with van der Waals surface area (Å²) in [6, 6.07) is 1.92. The van der Waals surface area contributed by atoms with E-state index < -0.39 is 13.0 Å². The van der Waals surface area contributed by atoms with Crippen LogP contribution in [0, 0.1) is 17.2 Å². The van der Waals surface area contributed by atoms with Crippen LogP contribution in [0.3, 0.4) is 0 Å². The van der Waals surface area contributed by atoms with E-state index in [9.17, 15) is 18.8 Å². The first-order chi connectivity index (χ1) is 15.5. The van der Waals surface area contributed by atoms with Gasteiger partial charge in [0.05, 0.1) is 13.1 Å². The summed E-state index contributed by atoms with van der Waals surface area (Å²) in [5.41, 5.74) is 1.08. The minimum absolute atomic E-state index is 0.0278. The van der Waals surface area contributed by atoms with Crippen LogP contribution in [-0.4, -0.2) is 70.0 Å². The summed E-state index contributed by atoms with van der Waals surface area (Å²) < 4.78 is 35.2. The molecule has 1 amide bonds. The molecule has 0 bridgehead atoms. The second-order valence-corrected chi connectivity index (χ2v) is 7.43. The number of hydrogen-bond acceptors (Lipinski definition) is 9. The SMILES string of the molecule is N#Cc1cncc2c1OCCN(C(=O)C1CCN(c3ncnc(OCC(F)F)n3)CC1)C2. The number of halogens is 2. The Bertz CT molecular complexity index is 1010. The van der Waals surface area contributed by atoms with Crippen LogP contribution in [-0.2, 0) is 11.3 Å². The van der Waals surface area contributed by atoms with E-state index in [4.69, 9.17) is 9.47 Å². The number of amides is 1. The Labute approximate surface area is 182 Å². The maximum atomic E-state index is 13.2. The van der Waals surface area contributed by atoms with Gasteiger partial charge in [0.2, 0.25) is 11.9 Å². The Kier molecular flexibility index (Phi) is 6.53. The fourth-order valence-corrected chi connectivity index (χ4v) is 3.80. The summed E-state index contributed by atoms with van der Waals surface area (Å²) in [4.78, 5) is 32.8. The van der Waals surface area contributed by atoms with Gasteiger partial charge in [0.25, 0.3) is 6.43 Å². The second-order valence-electron chi connectivity index (χ2n) is 7.43. The number of pyridine rings is 1. The first-order valence-corrected chi connectivity index (χ1v) is 10.2. The normalized spacial score (nSPS) is 16.7. The molecule has 2 aromatic rings. The van der Waals surface area contributed by atoms with E-state index in [1.54, 1.807) is 11.1 Å². The van der Waals surface area contributed by atoms with Crippen LogP contribution in [0.5, 0.6) is 11.8 Å². The molecule has 0 saturated carbocycles. The zero-order valence-corrected chi connectivity index (χ0v) is 17.2. The molecule has 1 fully saturated rings. The van der Waals surface area contributed by atoms with Crippen molar-refractivity contribution in [2.24, 2.45) is 5.92 Å². The number of anilines is 1. The van der Waals surface area contributed by atoms with Crippen LogP contribution in [0.15, 0.2) is 18.7 Å². The molecule has 12 heteroatoms. The molecule has 0 aliphatic carbocycles. The lowest BCUT2D eigenvalue weighted by molar-refractivity contribution is -0.137. The zero-order chi connectivity index (χ0) is 22.5. The van der Waals surface area contributed by atoms with E-state index in [2.05, 4.69) is 26.0 Å². The molecule has 0 spiro atoms. The molecule has 2 aromatic heterocycles. The molecule has 0 atom stereocenters. The molecule has 2 aliphatic rings. The van der Waals surface area contributed by atoms with E-state index in [0.29, 0.717) is 68.5 Å². The van der Waals surface area contributed by atoms with E-state index >= 15 is 0 Å². The number of aromatic nitrogens is 4. The molecule has 0 radical (unpaired) electrons. The first kappa shape index (κ1) is 21.6. The third-order valence-corrected chi connectivity index (χ3v) is 5.37. The van der Waals surface area contributed by atoms with Gasteiger partial charge in [-0.2, -0.15) is 15.2 Å². The number of hydrogen-bond donors (Lipinski definition) is 0. The Morgan fingerprint density at radius 1 is 1.28 bits per heavy atom. The lowest BCUT2D eigenvalue weighted by Crippen LogP contribution is -2.43. The molecule has 10 nitrogen and oxygen atoms in total. The van der Waals surface area contributed by atoms with Gasteiger partial charge >= 0.3 is 6.01 Å². The highest BCUT2D eigenvalue weighted by atomic mass is 19.3. The number of piperidine rings is 1. The van der Waals surface area contributed by atoms with Gasteiger partial charge in [-0.3, -0.25) is 9.78 Å². The molecular weight excluding hydrogens is 424 g/mol. The van der Waals surface area contributed by atoms with Crippen molar-refractivity contribution in [1.82, 2.24) is 24.8 Å². The van der Waals surface area contributed by atoms with Gasteiger partial charge < -0.3 is 19.3 Å². The molecule has 0 unspecified atom stereocenters. The van der Waals surface area contributed by atoms with Gasteiger partial charge in [-0.1, -0.05) is 0 Å². The number of rotatable bonds is 5. The average molecular weight is 445 g/mol. The summed E-state index contributed by atoms with van der Waals surface area (Å²) in [7, 11) is 0. The van der Waals surface area contributed by atoms with Gasteiger partial charge in [-0.15, -0.1) is 0 Å². The standard InChI is InChI=1S/C20H21F2N7O3/c21-16(22)11-32-20-26-12-25-19(27-20)28-3-1-13(2-4-28)18(30)29-5-6-31-17-14(7-23)8-24-9-15(17)10-29/h8-9,12-13,16H,1-6,10-11H2. The molecule has 0 N–H and O–H groups in total. The molecule has 4 rings (SSSR count). The third-order valence-electron chi connectivity index (χ3n) is 5.37. The van der Waals surface area contributed by atoms with Crippen LogP contribution >= 0.6 is 0 Å². The fraction of sp³-hybridized carbons (Fsp3) is 0.500. The maximum Gasteiger partial charge on any atom is 0.321 e. The fourth-order valence-electron chi connectivity index (χ4n) is 3.80. The molecular formula is C20H21F2N7O3. The molecule has 32 heavy (non-hydrogen) atoms. The zero-order valence-electron chi connectivity index (χ0n) is 17.2. The minimum Gasteiger partial charge on any atom is -0.490 e. The maximum absolute atomic E-state index is 13.2. The van der Waals surface area contributed by atoms with Crippen molar-refractivity contribution in [2.45, 2.75) is 25.8 Å². The van der Waals surface area contributed by atoms with Crippen molar-refractivity contribution in [2.75, 3.05) is 37.7 Å². The van der Waals surface area contributed by atoms with Crippen molar-refractivity contribution in [3.63, 3.8) is 0 Å². The van der Waals surface area contributed by atoms with Gasteiger partial charge in [-0.05, 0) is 12.8 Å². The monoisotopic (exact) mass is 445 g/mol. The Morgan fingerprint density at radius 2 is 2.09 bits per heavy atom. The smallest absolute Gasteiger partial charge is 0.321 e. The van der Waals surface area contributed by atoms with Crippen molar-refractivity contribution >= 4 is 11.9 Å². The Balaban J connectivity index is 1.37. The quantitative estimate of drug-likeness (QED) is 0.673. The number of nitrogens with zero attached hydrogens (tertiary/aromatic N) is 7. The summed E-state index contributed by atoms with van der Waals surface area (Å²) in [5.74, 6) is 0.686. The summed E-state index contributed by atoms with van der Waals surface area (Å²) >= 11 is 0. The number of ether oxygens (including phenoxy) is 2. The van der Waals surface area contributed by atoms with Crippen molar-refractivity contribution in [3.05, 3.63) is 29.8 Å². The van der Waals surface area contributed by atoms with Gasteiger partial charge in [-0.25, -0.2) is 13.8 Å². The number of carbonyl (C=O) groups excluding carboxylic acids is 1. The van der Waals surface area contributed by atoms with Crippen LogP contribution in [0.2, 0.25) is 0 Å². The Hall–Kier alpha value is -3.62. The van der Waals surface area contributed by atoms with Crippen molar-refractivity contribution in [1.29, 1.82) is 5.26 Å². The highest BCUT2D eigenvalue weighted by Gasteiger charge is 2.31. The number of carbonyl (C=O) groups is 1. The van der Waals surface area contributed by atoms with Crippen LogP contribution in [0.1, 0.15) is 24.0 Å². The molecule has 168 valence electrons. The predicted octanol–water partition coefficient (Wildman–Crippen LogP) is 1.42. The lowest BCUT2D eigenvalue weighted by Gasteiger charge is -2.33. The summed E-state index contributed by atoms with van der Waals surface area (Å²) in [6.45, 7) is 1.37. The van der Waals surface area contributed by atoms with E-state index in [0.717, 1.165) is 0 Å². The largest absolute Gasteiger partial charge is 0.490 e. The van der Waals surface area contributed by atoms with Crippen molar-refractivity contribution in [3.8, 4) is 17.8 Å². The van der Waals surface area contributed by atoms with E-state index in [1.165, 1.54) is 12.5 Å². The average Bonchev–Trinajstić information content (AvgIpc) is 3.05. The highest BCUT2D eigenvalue weighted by molar-refractivity contribution is 5.79. The first-order valence-electron chi connectivity index (χ1n) is 10.2. The number of fused-ring (bicyclic) bond motifs is 1. The Morgan fingerprint density at radius 3 is 2.84 bits per heavy atom. The number of alkyl halides is 2. The third kappa shape index (κ3) is 4.82. The van der Waals surface area contributed by atoms with Crippen molar-refractivity contribution < 1.29 is 23.0 Å². The molecule has 0 aromatic carbocycles. The lowest BCUT2D eigenvalue weighted by atomic mass is 9.95. The van der Waals surface area contributed by atoms with Gasteiger partial charge in [0.15, 0.2) is 6.61 Å². The van der Waals surface area contributed by atoms with E-state index in [1.807, 2.05) is 4.90 Å². The molecule has 4 heterocycles. The van der Waals surface area contributed by atoms with Crippen LogP contribution in [0.4, 0.5) is 14.7 Å². The van der Waals surface area contributed by atoms with Crippen LogP contribution in [0.25, 0.3) is 0 Å². The minimum atomic E-state index is -2.62. The van der Waals surface area contributed by atoms with Crippen LogP contribution < -0.4 is 14.4 Å². The summed E-state index contributed by atoms with van der Waals surface area (Å²) in [5, 5.41) is 9.24. The topological polar surface area (TPSA) is 117 Å².